The van der Waals surface area contributed by atoms with E-state index in [4.69, 9.17) is 5.73 Å². The van der Waals surface area contributed by atoms with Gasteiger partial charge in [-0.3, -0.25) is 9.59 Å². The zero-order valence-corrected chi connectivity index (χ0v) is 10.9. The number of piperidine rings is 1. The molecule has 1 aromatic carbocycles. The molecule has 3 N–H and O–H groups in total. The molecule has 2 amide bonds. The molecular formula is C14H18N2O3. The van der Waals surface area contributed by atoms with Crippen molar-refractivity contribution in [2.75, 3.05) is 13.1 Å². The van der Waals surface area contributed by atoms with Gasteiger partial charge in [-0.15, -0.1) is 0 Å². The minimum absolute atomic E-state index is 0.129. The van der Waals surface area contributed by atoms with Crippen LogP contribution in [-0.4, -0.2) is 40.5 Å². The van der Waals surface area contributed by atoms with Crippen molar-refractivity contribution in [3.8, 4) is 0 Å². The van der Waals surface area contributed by atoms with Crippen molar-refractivity contribution in [2.24, 2.45) is 5.73 Å². The lowest BCUT2D eigenvalue weighted by molar-refractivity contribution is -0.0107. The van der Waals surface area contributed by atoms with E-state index in [-0.39, 0.29) is 5.91 Å². The summed E-state index contributed by atoms with van der Waals surface area (Å²) in [6, 6.07) is 6.26. The van der Waals surface area contributed by atoms with Crippen LogP contribution in [0.15, 0.2) is 24.3 Å². The summed E-state index contributed by atoms with van der Waals surface area (Å²) in [7, 11) is 0. The van der Waals surface area contributed by atoms with E-state index in [2.05, 4.69) is 0 Å². The summed E-state index contributed by atoms with van der Waals surface area (Å²) >= 11 is 0. The summed E-state index contributed by atoms with van der Waals surface area (Å²) in [5.41, 5.74) is 5.21. The van der Waals surface area contributed by atoms with Crippen molar-refractivity contribution in [3.63, 3.8) is 0 Å². The second kappa shape index (κ2) is 5.01. The monoisotopic (exact) mass is 262 g/mol. The molecule has 1 aromatic rings. The Morgan fingerprint density at radius 1 is 1.26 bits per heavy atom. The predicted molar refractivity (Wildman–Crippen MR) is 70.7 cm³/mol. The van der Waals surface area contributed by atoms with Gasteiger partial charge < -0.3 is 15.7 Å². The van der Waals surface area contributed by atoms with Crippen LogP contribution in [0, 0.1) is 0 Å². The third-order valence-corrected chi connectivity index (χ3v) is 3.38. The molecule has 1 fully saturated rings. The number of hydrogen-bond donors (Lipinski definition) is 2. The molecule has 19 heavy (non-hydrogen) atoms. The summed E-state index contributed by atoms with van der Waals surface area (Å²) < 4.78 is 0. The Hall–Kier alpha value is -1.88. The first-order chi connectivity index (χ1) is 8.89. The largest absolute Gasteiger partial charge is 0.388 e. The van der Waals surface area contributed by atoms with Crippen molar-refractivity contribution in [1.29, 1.82) is 0 Å². The average molecular weight is 262 g/mol. The number of β-amino-alcohol motifs (C(OH)–C–C–N with tert-alkyl or cyclic N) is 1. The number of primary amides is 1. The van der Waals surface area contributed by atoms with E-state index in [1.165, 1.54) is 12.1 Å². The summed E-state index contributed by atoms with van der Waals surface area (Å²) in [4.78, 5) is 24.9. The number of hydrogen-bond acceptors (Lipinski definition) is 3. The van der Waals surface area contributed by atoms with Gasteiger partial charge in [0, 0.05) is 24.2 Å². The number of carbonyl (C=O) groups is 2. The fourth-order valence-electron chi connectivity index (χ4n) is 2.35. The van der Waals surface area contributed by atoms with Gasteiger partial charge >= 0.3 is 0 Å². The lowest BCUT2D eigenvalue weighted by Gasteiger charge is -2.36. The Bertz CT molecular complexity index is 494. The fourth-order valence-corrected chi connectivity index (χ4v) is 2.35. The van der Waals surface area contributed by atoms with E-state index in [0.717, 1.165) is 6.42 Å². The van der Waals surface area contributed by atoms with Gasteiger partial charge in [0.15, 0.2) is 0 Å². The Balaban J connectivity index is 2.13. The number of nitrogens with two attached hydrogens (primary N) is 1. The lowest BCUT2D eigenvalue weighted by atomic mass is 9.94. The lowest BCUT2D eigenvalue weighted by Crippen LogP contribution is -2.48. The van der Waals surface area contributed by atoms with Crippen molar-refractivity contribution >= 4 is 11.8 Å². The van der Waals surface area contributed by atoms with Gasteiger partial charge in [-0.25, -0.2) is 0 Å². The number of nitrogens with zero attached hydrogens (tertiary/aromatic N) is 1. The highest BCUT2D eigenvalue weighted by Gasteiger charge is 2.31. The van der Waals surface area contributed by atoms with Crippen LogP contribution < -0.4 is 5.73 Å². The molecule has 1 atom stereocenters. The zero-order valence-electron chi connectivity index (χ0n) is 10.9. The van der Waals surface area contributed by atoms with Crippen LogP contribution in [0.4, 0.5) is 0 Å². The van der Waals surface area contributed by atoms with Gasteiger partial charge in [-0.2, -0.15) is 0 Å². The first-order valence-electron chi connectivity index (χ1n) is 6.31. The molecule has 0 spiro atoms. The highest BCUT2D eigenvalue weighted by Crippen LogP contribution is 2.21. The Labute approximate surface area is 112 Å². The zero-order chi connectivity index (χ0) is 14.0. The molecule has 1 unspecified atom stereocenters. The van der Waals surface area contributed by atoms with Crippen molar-refractivity contribution < 1.29 is 14.7 Å². The number of benzene rings is 1. The molecule has 0 aromatic heterocycles. The van der Waals surface area contributed by atoms with E-state index in [9.17, 15) is 14.7 Å². The van der Waals surface area contributed by atoms with Gasteiger partial charge in [0.2, 0.25) is 5.91 Å². The predicted octanol–water partition coefficient (Wildman–Crippen LogP) is 0.773. The van der Waals surface area contributed by atoms with Crippen LogP contribution in [0.3, 0.4) is 0 Å². The second-order valence-electron chi connectivity index (χ2n) is 5.27. The van der Waals surface area contributed by atoms with Gasteiger partial charge in [0.05, 0.1) is 5.60 Å². The first-order valence-corrected chi connectivity index (χ1v) is 6.31. The molecule has 102 valence electrons. The molecule has 1 heterocycles. The summed E-state index contributed by atoms with van der Waals surface area (Å²) in [6.07, 6.45) is 1.50. The fraction of sp³-hybridized carbons (Fsp3) is 0.429. The normalized spacial score (nSPS) is 23.2. The van der Waals surface area contributed by atoms with Crippen molar-refractivity contribution in [2.45, 2.75) is 25.4 Å². The average Bonchev–Trinajstić information content (AvgIpc) is 2.37. The molecule has 1 aliphatic rings. The van der Waals surface area contributed by atoms with Gasteiger partial charge in [-0.1, -0.05) is 0 Å². The third-order valence-electron chi connectivity index (χ3n) is 3.38. The van der Waals surface area contributed by atoms with Gasteiger partial charge in [0.25, 0.3) is 5.91 Å². The SMILES string of the molecule is CC1(O)CCCN(C(=O)c2ccc(C(N)=O)cc2)C1. The Morgan fingerprint density at radius 3 is 2.37 bits per heavy atom. The number of aliphatic hydroxyl groups is 1. The number of amides is 2. The second-order valence-corrected chi connectivity index (χ2v) is 5.27. The highest BCUT2D eigenvalue weighted by molar-refractivity contribution is 5.97. The number of carbonyl (C=O) groups excluding carboxylic acids is 2. The molecule has 1 saturated heterocycles. The van der Waals surface area contributed by atoms with Crippen LogP contribution in [0.25, 0.3) is 0 Å². The van der Waals surface area contributed by atoms with E-state index >= 15 is 0 Å². The molecule has 5 nitrogen and oxygen atoms in total. The van der Waals surface area contributed by atoms with E-state index in [0.29, 0.717) is 30.6 Å². The summed E-state index contributed by atoms with van der Waals surface area (Å²) in [6.45, 7) is 2.72. The van der Waals surface area contributed by atoms with Gasteiger partial charge in [-0.05, 0) is 44.0 Å². The first kappa shape index (κ1) is 13.5. The standard InChI is InChI=1S/C14H18N2O3/c1-14(19)7-2-8-16(9-14)13(18)11-5-3-10(4-6-11)12(15)17/h3-6,19H,2,7-9H2,1H3,(H2,15,17). The molecule has 0 aliphatic carbocycles. The molecule has 2 rings (SSSR count). The molecule has 0 radical (unpaired) electrons. The maximum absolute atomic E-state index is 12.3. The number of rotatable bonds is 2. The molecule has 5 heteroatoms. The van der Waals surface area contributed by atoms with E-state index in [1.54, 1.807) is 24.0 Å². The van der Waals surface area contributed by atoms with E-state index in [1.807, 2.05) is 0 Å². The highest BCUT2D eigenvalue weighted by atomic mass is 16.3. The van der Waals surface area contributed by atoms with E-state index < -0.39 is 11.5 Å². The van der Waals surface area contributed by atoms with Crippen LogP contribution in [-0.2, 0) is 0 Å². The van der Waals surface area contributed by atoms with Crippen LogP contribution >= 0.6 is 0 Å². The summed E-state index contributed by atoms with van der Waals surface area (Å²) in [5.74, 6) is -0.643. The topological polar surface area (TPSA) is 83.6 Å². The smallest absolute Gasteiger partial charge is 0.253 e. The third kappa shape index (κ3) is 3.12. The van der Waals surface area contributed by atoms with Gasteiger partial charge in [0.1, 0.15) is 0 Å². The summed E-state index contributed by atoms with van der Waals surface area (Å²) in [5, 5.41) is 10.0. The minimum atomic E-state index is -0.818. The maximum Gasteiger partial charge on any atom is 0.253 e. The van der Waals surface area contributed by atoms with Crippen molar-refractivity contribution in [1.82, 2.24) is 4.90 Å². The molecular weight excluding hydrogens is 244 g/mol. The Kier molecular flexibility index (Phi) is 3.57. The minimum Gasteiger partial charge on any atom is -0.388 e. The van der Waals surface area contributed by atoms with Crippen LogP contribution in [0.5, 0.6) is 0 Å². The van der Waals surface area contributed by atoms with Crippen LogP contribution in [0.1, 0.15) is 40.5 Å². The maximum atomic E-state index is 12.3. The Morgan fingerprint density at radius 2 is 1.84 bits per heavy atom. The number of likely N-dealkylation sites (tertiary alicyclic amines) is 1. The quantitative estimate of drug-likeness (QED) is 0.825. The van der Waals surface area contributed by atoms with Crippen molar-refractivity contribution in [3.05, 3.63) is 35.4 Å². The molecule has 1 aliphatic heterocycles. The molecule has 0 bridgehead atoms. The molecule has 0 saturated carbocycles. The van der Waals surface area contributed by atoms with Crippen LogP contribution in [0.2, 0.25) is 0 Å².